The van der Waals surface area contributed by atoms with Gasteiger partial charge in [0.15, 0.2) is 11.0 Å². The highest BCUT2D eigenvalue weighted by Crippen LogP contribution is 2.32. The summed E-state index contributed by atoms with van der Waals surface area (Å²) in [6, 6.07) is 15.8. The third-order valence-electron chi connectivity index (χ3n) is 6.52. The lowest BCUT2D eigenvalue weighted by Crippen LogP contribution is -2.31. The minimum Gasteiger partial charge on any atom is -0.406 e. The smallest absolute Gasteiger partial charge is 0.406 e. The van der Waals surface area contributed by atoms with Gasteiger partial charge in [0.1, 0.15) is 12.1 Å². The first-order chi connectivity index (χ1) is 20.5. The number of hydrogen-bond donors (Lipinski definition) is 1. The maximum atomic E-state index is 12.9. The largest absolute Gasteiger partial charge is 0.573 e. The van der Waals surface area contributed by atoms with Crippen LogP contribution in [0.5, 0.6) is 5.75 Å². The van der Waals surface area contributed by atoms with Crippen molar-refractivity contribution in [2.45, 2.75) is 40.0 Å². The number of halogens is 3. The van der Waals surface area contributed by atoms with E-state index in [1.807, 2.05) is 32.0 Å². The van der Waals surface area contributed by atoms with Gasteiger partial charge in [-0.2, -0.15) is 4.99 Å². The fraction of sp³-hybridized carbons (Fsp3) is 0.233. The van der Waals surface area contributed by atoms with E-state index in [2.05, 4.69) is 32.1 Å². The number of ether oxygens (including phenoxy) is 1. The maximum Gasteiger partial charge on any atom is 0.573 e. The molecule has 0 unspecified atom stereocenters. The van der Waals surface area contributed by atoms with Gasteiger partial charge in [-0.25, -0.2) is 14.5 Å². The number of hydrogen-bond acceptors (Lipinski definition) is 6. The Bertz CT molecular complexity index is 1700. The second-order valence-electron chi connectivity index (χ2n) is 9.81. The van der Waals surface area contributed by atoms with Crippen molar-refractivity contribution >= 4 is 40.2 Å². The molecule has 0 bridgehead atoms. The molecule has 5 rings (SSSR count). The molecule has 0 spiro atoms. The van der Waals surface area contributed by atoms with Crippen LogP contribution in [0, 0.1) is 13.8 Å². The van der Waals surface area contributed by atoms with Crippen LogP contribution in [0.1, 0.15) is 30.0 Å². The van der Waals surface area contributed by atoms with Gasteiger partial charge >= 0.3 is 12.4 Å². The van der Waals surface area contributed by atoms with Gasteiger partial charge in [0.2, 0.25) is 5.91 Å². The summed E-state index contributed by atoms with van der Waals surface area (Å²) in [5, 5.41) is 7.54. The molecule has 43 heavy (non-hydrogen) atoms. The standard InChI is InChI=1S/C30H27F3N6O3S/c1-4-5-20-7-6-18(2)14-25(20)39-26(40)16-43-29(39)36-28(41)35-24-13-8-21(15-19(24)3)27-34-17-38(37-27)22-9-11-23(12-10-22)42-30(31,32)33/h6-15,17H,4-5,16H2,1-3H3,(H,35,41). The number of alkyl halides is 3. The molecule has 3 amide bonds. The van der Waals surface area contributed by atoms with Crippen molar-refractivity contribution in [2.24, 2.45) is 4.99 Å². The van der Waals surface area contributed by atoms with E-state index in [1.165, 1.54) is 51.9 Å². The molecule has 9 nitrogen and oxygen atoms in total. The average Bonchev–Trinajstić information content (AvgIpc) is 3.58. The molecular formula is C30H27F3N6O3S. The normalized spacial score (nSPS) is 14.4. The molecule has 1 fully saturated rings. The van der Waals surface area contributed by atoms with Crippen LogP contribution in [0.3, 0.4) is 0 Å². The second kappa shape index (κ2) is 12.3. The Labute approximate surface area is 249 Å². The summed E-state index contributed by atoms with van der Waals surface area (Å²) in [7, 11) is 0. The molecule has 0 radical (unpaired) electrons. The number of thioether (sulfide) groups is 1. The van der Waals surface area contributed by atoms with Gasteiger partial charge in [0.05, 0.1) is 17.1 Å². The molecule has 0 aliphatic carbocycles. The zero-order valence-electron chi connectivity index (χ0n) is 23.5. The van der Waals surface area contributed by atoms with E-state index in [-0.39, 0.29) is 17.4 Å². The van der Waals surface area contributed by atoms with Crippen LogP contribution in [-0.2, 0) is 11.2 Å². The number of nitrogens with zero attached hydrogens (tertiary/aromatic N) is 5. The number of amides is 3. The van der Waals surface area contributed by atoms with Crippen LogP contribution < -0.4 is 15.0 Å². The van der Waals surface area contributed by atoms with E-state index in [0.29, 0.717) is 27.9 Å². The zero-order chi connectivity index (χ0) is 30.7. The molecule has 0 saturated carbocycles. The van der Waals surface area contributed by atoms with E-state index >= 15 is 0 Å². The number of urea groups is 1. The minimum atomic E-state index is -4.77. The lowest BCUT2D eigenvalue weighted by atomic mass is 10.0. The molecule has 1 N–H and O–H groups in total. The van der Waals surface area contributed by atoms with Crippen molar-refractivity contribution in [1.82, 2.24) is 14.8 Å². The summed E-state index contributed by atoms with van der Waals surface area (Å²) >= 11 is 1.22. The first-order valence-electron chi connectivity index (χ1n) is 13.3. The van der Waals surface area contributed by atoms with Crippen LogP contribution >= 0.6 is 11.8 Å². The molecule has 1 aliphatic heterocycles. The Kier molecular flexibility index (Phi) is 8.53. The Morgan fingerprint density at radius 2 is 1.86 bits per heavy atom. The number of benzene rings is 3. The Morgan fingerprint density at radius 1 is 1.09 bits per heavy atom. The summed E-state index contributed by atoms with van der Waals surface area (Å²) in [5.41, 5.74) is 5.20. The molecule has 1 aliphatic rings. The number of aliphatic imine (C=N–C) groups is 1. The highest BCUT2D eigenvalue weighted by molar-refractivity contribution is 8.15. The summed E-state index contributed by atoms with van der Waals surface area (Å²) in [5.74, 6) is 0.119. The van der Waals surface area contributed by atoms with E-state index < -0.39 is 12.4 Å². The SMILES string of the molecule is CCCc1ccc(C)cc1N1C(=O)CSC1=NC(=O)Nc1ccc(-c2ncn(-c3ccc(OC(F)(F)F)cc3)n2)cc1C. The van der Waals surface area contributed by atoms with E-state index in [1.54, 1.807) is 18.2 Å². The highest BCUT2D eigenvalue weighted by Gasteiger charge is 2.32. The number of carbonyl (C=O) groups excluding carboxylic acids is 2. The molecule has 1 aromatic heterocycles. The number of nitrogens with one attached hydrogen (secondary N) is 1. The summed E-state index contributed by atoms with van der Waals surface area (Å²) in [6.07, 6.45) is -1.61. The van der Waals surface area contributed by atoms with Crippen LogP contribution in [0.15, 0.2) is 72.0 Å². The van der Waals surface area contributed by atoms with Crippen LogP contribution in [0.2, 0.25) is 0 Å². The second-order valence-corrected chi connectivity index (χ2v) is 10.8. The first kappa shape index (κ1) is 29.8. The molecule has 0 atom stereocenters. The lowest BCUT2D eigenvalue weighted by molar-refractivity contribution is -0.274. The first-order valence-corrected chi connectivity index (χ1v) is 14.3. The molecule has 4 aromatic rings. The number of aromatic nitrogens is 3. The predicted molar refractivity (Wildman–Crippen MR) is 160 cm³/mol. The molecular weight excluding hydrogens is 581 g/mol. The van der Waals surface area contributed by atoms with E-state index in [0.717, 1.165) is 35.2 Å². The summed E-state index contributed by atoms with van der Waals surface area (Å²) in [4.78, 5) is 35.8. The molecule has 1 saturated heterocycles. The maximum absolute atomic E-state index is 12.9. The quantitative estimate of drug-likeness (QED) is 0.241. The van der Waals surface area contributed by atoms with Crippen molar-refractivity contribution in [3.05, 3.63) is 83.7 Å². The molecule has 222 valence electrons. The Hall–Kier alpha value is -4.65. The zero-order valence-corrected chi connectivity index (χ0v) is 24.3. The van der Waals surface area contributed by atoms with Gasteiger partial charge in [0, 0.05) is 11.3 Å². The highest BCUT2D eigenvalue weighted by atomic mass is 32.2. The van der Waals surface area contributed by atoms with Crippen molar-refractivity contribution < 1.29 is 27.5 Å². The minimum absolute atomic E-state index is 0.127. The fourth-order valence-electron chi connectivity index (χ4n) is 4.54. The van der Waals surface area contributed by atoms with Crippen molar-refractivity contribution in [3.8, 4) is 22.8 Å². The van der Waals surface area contributed by atoms with Crippen LogP contribution in [0.25, 0.3) is 17.1 Å². The summed E-state index contributed by atoms with van der Waals surface area (Å²) in [6.45, 7) is 5.84. The van der Waals surface area contributed by atoms with Gasteiger partial charge in [-0.15, -0.1) is 18.3 Å². The Morgan fingerprint density at radius 3 is 2.56 bits per heavy atom. The van der Waals surface area contributed by atoms with Crippen LogP contribution in [0.4, 0.5) is 29.3 Å². The molecule has 2 heterocycles. The third kappa shape index (κ3) is 7.05. The van der Waals surface area contributed by atoms with Gasteiger partial charge in [0.25, 0.3) is 0 Å². The van der Waals surface area contributed by atoms with Gasteiger partial charge in [-0.1, -0.05) is 37.2 Å². The average molecular weight is 609 g/mol. The van der Waals surface area contributed by atoms with E-state index in [4.69, 9.17) is 0 Å². The number of rotatable bonds is 7. The summed E-state index contributed by atoms with van der Waals surface area (Å²) < 4.78 is 42.6. The molecule has 13 heteroatoms. The van der Waals surface area contributed by atoms with E-state index in [9.17, 15) is 22.8 Å². The number of amidine groups is 1. The van der Waals surface area contributed by atoms with Crippen molar-refractivity contribution in [2.75, 3.05) is 16.0 Å². The Balaban J connectivity index is 1.30. The van der Waals surface area contributed by atoms with Gasteiger partial charge in [-0.3, -0.25) is 9.69 Å². The molecule has 3 aromatic carbocycles. The number of anilines is 2. The van der Waals surface area contributed by atoms with Crippen molar-refractivity contribution in [1.29, 1.82) is 0 Å². The topological polar surface area (TPSA) is 102 Å². The third-order valence-corrected chi connectivity index (χ3v) is 7.44. The predicted octanol–water partition coefficient (Wildman–Crippen LogP) is 7.07. The van der Waals surface area contributed by atoms with Gasteiger partial charge < -0.3 is 10.1 Å². The van der Waals surface area contributed by atoms with Gasteiger partial charge in [-0.05, 0) is 85.5 Å². The lowest BCUT2D eigenvalue weighted by Gasteiger charge is -2.20. The number of carbonyl (C=O) groups is 2. The van der Waals surface area contributed by atoms with Crippen LogP contribution in [-0.4, -0.2) is 44.0 Å². The van der Waals surface area contributed by atoms with Crippen molar-refractivity contribution in [3.63, 3.8) is 0 Å². The fourth-order valence-corrected chi connectivity index (χ4v) is 5.40. The monoisotopic (exact) mass is 608 g/mol. The number of aryl methyl sites for hydroxylation is 3.